The molecule has 3 N–H and O–H groups in total. The molecule has 3 nitrogen and oxygen atoms in total. The van der Waals surface area contributed by atoms with E-state index in [1.165, 1.54) is 12.8 Å². The molecule has 0 unspecified atom stereocenters. The molecule has 0 aliphatic heterocycles. The first kappa shape index (κ1) is 16.8. The Bertz CT molecular complexity index is 300. The average Bonchev–Trinajstić information content (AvgIpc) is 2.64. The van der Waals surface area contributed by atoms with Gasteiger partial charge in [-0.05, 0) is 37.7 Å². The van der Waals surface area contributed by atoms with Crippen molar-refractivity contribution in [3.05, 3.63) is 0 Å². The highest BCUT2D eigenvalue weighted by atomic mass is 32.2. The van der Waals surface area contributed by atoms with E-state index < -0.39 is 5.41 Å². The molecule has 0 heterocycles. The summed E-state index contributed by atoms with van der Waals surface area (Å²) in [4.78, 5) is 12.8. The van der Waals surface area contributed by atoms with Gasteiger partial charge in [-0.1, -0.05) is 37.9 Å². The Morgan fingerprint density at radius 1 is 1.26 bits per heavy atom. The Morgan fingerprint density at radius 3 is 2.42 bits per heavy atom. The van der Waals surface area contributed by atoms with Crippen LogP contribution >= 0.6 is 24.0 Å². The van der Waals surface area contributed by atoms with E-state index in [0.717, 1.165) is 50.8 Å². The van der Waals surface area contributed by atoms with Crippen LogP contribution in [-0.2, 0) is 4.79 Å². The third kappa shape index (κ3) is 4.95. The first-order valence-corrected chi connectivity index (χ1v) is 9.01. The Balaban J connectivity index is 2.50. The fourth-order valence-electron chi connectivity index (χ4n) is 2.66. The van der Waals surface area contributed by atoms with E-state index in [-0.39, 0.29) is 5.91 Å². The zero-order valence-corrected chi connectivity index (χ0v) is 13.5. The number of nitrogens with two attached hydrogens (primary N) is 1. The molecule has 0 radical (unpaired) electrons. The van der Waals surface area contributed by atoms with Gasteiger partial charge in [-0.25, -0.2) is 0 Å². The lowest BCUT2D eigenvalue weighted by atomic mass is 9.79. The fraction of sp³-hybridized carbons (Fsp3) is 0.857. The van der Waals surface area contributed by atoms with Gasteiger partial charge in [0.25, 0.3) is 0 Å². The highest BCUT2D eigenvalue weighted by Crippen LogP contribution is 2.35. The quantitative estimate of drug-likeness (QED) is 0.431. The van der Waals surface area contributed by atoms with Gasteiger partial charge in [-0.15, -0.1) is 0 Å². The SMILES string of the molecule is CSCCCCNC(=O)C1(C(N)=S)CCCCCC1. The summed E-state index contributed by atoms with van der Waals surface area (Å²) in [6.07, 6.45) is 10.4. The summed E-state index contributed by atoms with van der Waals surface area (Å²) < 4.78 is 0. The Morgan fingerprint density at radius 2 is 1.89 bits per heavy atom. The van der Waals surface area contributed by atoms with Crippen molar-refractivity contribution >= 4 is 34.9 Å². The number of amides is 1. The summed E-state index contributed by atoms with van der Waals surface area (Å²) in [6.45, 7) is 0.740. The normalized spacial score (nSPS) is 18.6. The minimum atomic E-state index is -0.578. The van der Waals surface area contributed by atoms with E-state index in [2.05, 4.69) is 11.6 Å². The Labute approximate surface area is 126 Å². The maximum Gasteiger partial charge on any atom is 0.233 e. The van der Waals surface area contributed by atoms with Gasteiger partial charge >= 0.3 is 0 Å². The number of thioether (sulfide) groups is 1. The van der Waals surface area contributed by atoms with Crippen molar-refractivity contribution in [2.24, 2.45) is 11.1 Å². The van der Waals surface area contributed by atoms with Crippen LogP contribution in [-0.4, -0.2) is 29.4 Å². The number of rotatable bonds is 7. The molecular weight excluding hydrogens is 276 g/mol. The smallest absolute Gasteiger partial charge is 0.233 e. The molecule has 1 aliphatic carbocycles. The van der Waals surface area contributed by atoms with Crippen LogP contribution in [0.4, 0.5) is 0 Å². The molecule has 0 aromatic rings. The van der Waals surface area contributed by atoms with Crippen molar-refractivity contribution in [1.29, 1.82) is 0 Å². The molecule has 0 saturated heterocycles. The summed E-state index contributed by atoms with van der Waals surface area (Å²) >= 11 is 7.04. The van der Waals surface area contributed by atoms with Crippen LogP contribution in [0.5, 0.6) is 0 Å². The molecule has 0 aromatic heterocycles. The molecule has 0 bridgehead atoms. The monoisotopic (exact) mass is 302 g/mol. The van der Waals surface area contributed by atoms with Crippen molar-refractivity contribution in [2.75, 3.05) is 18.6 Å². The third-order valence-electron chi connectivity index (χ3n) is 3.92. The van der Waals surface area contributed by atoms with Crippen LogP contribution in [0.1, 0.15) is 51.4 Å². The van der Waals surface area contributed by atoms with Crippen LogP contribution in [0, 0.1) is 5.41 Å². The fourth-order valence-corrected chi connectivity index (χ4v) is 3.45. The van der Waals surface area contributed by atoms with Crippen LogP contribution in [0.15, 0.2) is 0 Å². The van der Waals surface area contributed by atoms with E-state index in [1.807, 2.05) is 11.8 Å². The predicted molar refractivity (Wildman–Crippen MR) is 87.5 cm³/mol. The van der Waals surface area contributed by atoms with Gasteiger partial charge in [0.15, 0.2) is 0 Å². The number of unbranched alkanes of at least 4 members (excludes halogenated alkanes) is 1. The van der Waals surface area contributed by atoms with E-state index in [0.29, 0.717) is 4.99 Å². The van der Waals surface area contributed by atoms with Crippen LogP contribution in [0.2, 0.25) is 0 Å². The second-order valence-electron chi connectivity index (χ2n) is 5.32. The summed E-state index contributed by atoms with van der Waals surface area (Å²) in [6, 6.07) is 0. The highest BCUT2D eigenvalue weighted by Gasteiger charge is 2.41. The van der Waals surface area contributed by atoms with Gasteiger partial charge < -0.3 is 11.1 Å². The molecule has 5 heteroatoms. The van der Waals surface area contributed by atoms with Crippen LogP contribution < -0.4 is 11.1 Å². The van der Waals surface area contributed by atoms with Crippen LogP contribution in [0.3, 0.4) is 0 Å². The maximum atomic E-state index is 12.5. The second kappa shape index (κ2) is 8.80. The van der Waals surface area contributed by atoms with Gasteiger partial charge in [0.05, 0.1) is 10.4 Å². The minimum absolute atomic E-state index is 0.0612. The van der Waals surface area contributed by atoms with Crippen molar-refractivity contribution in [3.8, 4) is 0 Å². The molecule has 1 rings (SSSR count). The lowest BCUT2D eigenvalue weighted by Gasteiger charge is -2.30. The standard InChI is InChI=1S/C14H26N2OS2/c1-19-11-7-6-10-16-13(17)14(12(15)18)8-4-2-3-5-9-14/h2-11H2,1H3,(H2,15,18)(H,16,17). The molecular formula is C14H26N2OS2. The number of carbonyl (C=O) groups is 1. The number of carbonyl (C=O) groups excluding carboxylic acids is 1. The maximum absolute atomic E-state index is 12.5. The average molecular weight is 303 g/mol. The molecule has 1 aliphatic rings. The molecule has 0 atom stereocenters. The molecule has 19 heavy (non-hydrogen) atoms. The summed E-state index contributed by atoms with van der Waals surface area (Å²) in [5, 5.41) is 3.05. The summed E-state index contributed by atoms with van der Waals surface area (Å²) in [5.74, 6) is 1.21. The van der Waals surface area contributed by atoms with E-state index >= 15 is 0 Å². The van der Waals surface area contributed by atoms with Crippen molar-refractivity contribution < 1.29 is 4.79 Å². The van der Waals surface area contributed by atoms with Gasteiger partial charge in [-0.2, -0.15) is 11.8 Å². The third-order valence-corrected chi connectivity index (χ3v) is 5.01. The van der Waals surface area contributed by atoms with Crippen molar-refractivity contribution in [2.45, 2.75) is 51.4 Å². The van der Waals surface area contributed by atoms with Gasteiger partial charge in [0, 0.05) is 6.54 Å². The lowest BCUT2D eigenvalue weighted by molar-refractivity contribution is -0.128. The van der Waals surface area contributed by atoms with Crippen LogP contribution in [0.25, 0.3) is 0 Å². The zero-order chi connectivity index (χ0) is 14.1. The van der Waals surface area contributed by atoms with E-state index in [1.54, 1.807) is 0 Å². The Kier molecular flexibility index (Phi) is 7.76. The molecule has 110 valence electrons. The minimum Gasteiger partial charge on any atom is -0.392 e. The summed E-state index contributed by atoms with van der Waals surface area (Å²) in [5.41, 5.74) is 5.31. The largest absolute Gasteiger partial charge is 0.392 e. The topological polar surface area (TPSA) is 55.1 Å². The first-order chi connectivity index (χ1) is 9.13. The van der Waals surface area contributed by atoms with Gasteiger partial charge in [0.1, 0.15) is 0 Å². The lowest BCUT2D eigenvalue weighted by Crippen LogP contribution is -2.49. The number of hydrogen-bond donors (Lipinski definition) is 2. The van der Waals surface area contributed by atoms with Crippen molar-refractivity contribution in [1.82, 2.24) is 5.32 Å². The molecule has 0 aromatic carbocycles. The van der Waals surface area contributed by atoms with Gasteiger partial charge in [-0.3, -0.25) is 4.79 Å². The van der Waals surface area contributed by atoms with Crippen molar-refractivity contribution in [3.63, 3.8) is 0 Å². The first-order valence-electron chi connectivity index (χ1n) is 7.20. The molecule has 1 saturated carbocycles. The number of thiocarbonyl (C=S) groups is 1. The van der Waals surface area contributed by atoms with E-state index in [4.69, 9.17) is 18.0 Å². The zero-order valence-electron chi connectivity index (χ0n) is 11.9. The second-order valence-corrected chi connectivity index (χ2v) is 6.74. The highest BCUT2D eigenvalue weighted by molar-refractivity contribution is 7.98. The number of hydrogen-bond acceptors (Lipinski definition) is 3. The predicted octanol–water partition coefficient (Wildman–Crippen LogP) is 2.87. The molecule has 1 fully saturated rings. The molecule has 0 spiro atoms. The summed E-state index contributed by atoms with van der Waals surface area (Å²) in [7, 11) is 0. The Hall–Kier alpha value is -0.290. The number of nitrogens with one attached hydrogen (secondary N) is 1. The van der Waals surface area contributed by atoms with E-state index in [9.17, 15) is 4.79 Å². The molecule has 1 amide bonds. The van der Waals surface area contributed by atoms with Gasteiger partial charge in [0.2, 0.25) is 5.91 Å².